The zero-order valence-corrected chi connectivity index (χ0v) is 16.0. The Morgan fingerprint density at radius 3 is 2.70 bits per heavy atom. The first kappa shape index (κ1) is 18.0. The molecule has 0 aliphatic carbocycles. The smallest absolute Gasteiger partial charge is 0.222 e. The minimum absolute atomic E-state index is 0.261. The van der Waals surface area contributed by atoms with Gasteiger partial charge in [-0.15, -0.1) is 0 Å². The van der Waals surface area contributed by atoms with Gasteiger partial charge in [-0.3, -0.25) is 14.7 Å². The first-order chi connectivity index (χ1) is 13.2. The lowest BCUT2D eigenvalue weighted by molar-refractivity contribution is -0.139. The van der Waals surface area contributed by atoms with Crippen molar-refractivity contribution in [2.24, 2.45) is 5.41 Å². The molecule has 2 fully saturated rings. The van der Waals surface area contributed by atoms with Gasteiger partial charge in [0.2, 0.25) is 5.91 Å². The maximum Gasteiger partial charge on any atom is 0.222 e. The van der Waals surface area contributed by atoms with E-state index < -0.39 is 0 Å². The van der Waals surface area contributed by atoms with E-state index in [1.54, 1.807) is 6.20 Å². The lowest BCUT2D eigenvalue weighted by atomic mass is 9.73. The normalized spacial score (nSPS) is 23.7. The molecular formula is C21H27N5O. The summed E-state index contributed by atoms with van der Waals surface area (Å²) in [4.78, 5) is 29.9. The van der Waals surface area contributed by atoms with Crippen LogP contribution in [0.3, 0.4) is 0 Å². The van der Waals surface area contributed by atoms with E-state index >= 15 is 0 Å². The highest BCUT2D eigenvalue weighted by atomic mass is 16.2. The Morgan fingerprint density at radius 1 is 1.11 bits per heavy atom. The fraction of sp³-hybridized carbons (Fsp3) is 0.524. The van der Waals surface area contributed by atoms with Crippen LogP contribution in [0, 0.1) is 5.41 Å². The van der Waals surface area contributed by atoms with Crippen LogP contribution in [0.15, 0.2) is 36.8 Å². The van der Waals surface area contributed by atoms with Gasteiger partial charge in [0.05, 0.1) is 0 Å². The summed E-state index contributed by atoms with van der Waals surface area (Å²) >= 11 is 0. The van der Waals surface area contributed by atoms with Crippen molar-refractivity contribution < 1.29 is 4.79 Å². The highest BCUT2D eigenvalue weighted by molar-refractivity contribution is 5.77. The monoisotopic (exact) mass is 365 g/mol. The van der Waals surface area contributed by atoms with E-state index in [-0.39, 0.29) is 5.41 Å². The van der Waals surface area contributed by atoms with E-state index in [0.29, 0.717) is 18.2 Å². The lowest BCUT2D eigenvalue weighted by Gasteiger charge is -2.48. The summed E-state index contributed by atoms with van der Waals surface area (Å²) in [7, 11) is 0. The van der Waals surface area contributed by atoms with Crippen LogP contribution < -0.4 is 0 Å². The molecule has 2 aromatic rings. The van der Waals surface area contributed by atoms with Crippen molar-refractivity contribution in [1.29, 1.82) is 0 Å². The average Bonchev–Trinajstić information content (AvgIpc) is 2.71. The van der Waals surface area contributed by atoms with Gasteiger partial charge in [-0.2, -0.15) is 0 Å². The minimum Gasteiger partial charge on any atom is -0.342 e. The highest BCUT2D eigenvalue weighted by Gasteiger charge is 2.41. The topological polar surface area (TPSA) is 62.2 Å². The molecule has 0 bridgehead atoms. The van der Waals surface area contributed by atoms with Gasteiger partial charge in [0.1, 0.15) is 5.69 Å². The largest absolute Gasteiger partial charge is 0.342 e. The zero-order chi connectivity index (χ0) is 18.7. The number of carbonyl (C=O) groups is 1. The number of piperidine rings is 2. The van der Waals surface area contributed by atoms with Crippen molar-refractivity contribution in [1.82, 2.24) is 24.8 Å². The van der Waals surface area contributed by atoms with E-state index in [2.05, 4.69) is 26.8 Å². The molecular weight excluding hydrogens is 338 g/mol. The second-order valence-electron chi connectivity index (χ2n) is 7.85. The van der Waals surface area contributed by atoms with Gasteiger partial charge in [0, 0.05) is 62.2 Å². The van der Waals surface area contributed by atoms with Crippen molar-refractivity contribution in [3.05, 3.63) is 42.4 Å². The molecule has 0 radical (unpaired) electrons. The third kappa shape index (κ3) is 4.00. The van der Waals surface area contributed by atoms with Crippen molar-refractivity contribution in [3.8, 4) is 11.5 Å². The summed E-state index contributed by atoms with van der Waals surface area (Å²) in [5, 5.41) is 0. The number of pyridine rings is 1. The van der Waals surface area contributed by atoms with Crippen LogP contribution in [0.2, 0.25) is 0 Å². The molecule has 6 nitrogen and oxygen atoms in total. The molecule has 27 heavy (non-hydrogen) atoms. The molecule has 2 saturated heterocycles. The van der Waals surface area contributed by atoms with Gasteiger partial charge >= 0.3 is 0 Å². The summed E-state index contributed by atoms with van der Waals surface area (Å²) in [6, 6.07) is 5.76. The molecule has 0 saturated carbocycles. The molecule has 4 rings (SSSR count). The molecule has 0 aromatic carbocycles. The molecule has 0 unspecified atom stereocenters. The van der Waals surface area contributed by atoms with Gasteiger partial charge in [-0.05, 0) is 44.9 Å². The Bertz CT molecular complexity index is 779. The van der Waals surface area contributed by atoms with Crippen LogP contribution >= 0.6 is 0 Å². The second-order valence-corrected chi connectivity index (χ2v) is 7.85. The molecule has 0 N–H and O–H groups in total. The van der Waals surface area contributed by atoms with Crippen LogP contribution in [0.25, 0.3) is 11.5 Å². The summed E-state index contributed by atoms with van der Waals surface area (Å²) in [5.41, 5.74) is 2.19. The summed E-state index contributed by atoms with van der Waals surface area (Å²) < 4.78 is 0. The zero-order valence-electron chi connectivity index (χ0n) is 16.0. The molecule has 2 aliphatic rings. The van der Waals surface area contributed by atoms with E-state index in [4.69, 9.17) is 0 Å². The quantitative estimate of drug-likeness (QED) is 0.834. The predicted octanol–water partition coefficient (Wildman–Crippen LogP) is 2.76. The van der Waals surface area contributed by atoms with E-state index in [9.17, 15) is 4.79 Å². The van der Waals surface area contributed by atoms with E-state index in [1.165, 1.54) is 12.8 Å². The van der Waals surface area contributed by atoms with Crippen molar-refractivity contribution in [2.45, 2.75) is 39.2 Å². The predicted molar refractivity (Wildman–Crippen MR) is 104 cm³/mol. The van der Waals surface area contributed by atoms with Crippen LogP contribution in [0.4, 0.5) is 0 Å². The summed E-state index contributed by atoms with van der Waals surface area (Å²) in [6.07, 6.45) is 9.73. The number of aromatic nitrogens is 3. The Kier molecular flexibility index (Phi) is 5.16. The van der Waals surface area contributed by atoms with Gasteiger partial charge < -0.3 is 4.90 Å². The number of carbonyl (C=O) groups excluding carboxylic acids is 1. The summed E-state index contributed by atoms with van der Waals surface area (Å²) in [5.74, 6) is 0.984. The highest BCUT2D eigenvalue weighted by Crippen LogP contribution is 2.39. The number of amides is 1. The number of rotatable bonds is 4. The maximum atomic E-state index is 12.1. The van der Waals surface area contributed by atoms with Gasteiger partial charge in [0.15, 0.2) is 5.82 Å². The maximum absolute atomic E-state index is 12.1. The van der Waals surface area contributed by atoms with Crippen molar-refractivity contribution in [3.63, 3.8) is 0 Å². The molecule has 2 aliphatic heterocycles. The van der Waals surface area contributed by atoms with E-state index in [1.807, 2.05) is 35.5 Å². The Balaban J connectivity index is 1.41. The van der Waals surface area contributed by atoms with Gasteiger partial charge in [-0.25, -0.2) is 9.97 Å². The third-order valence-electron chi connectivity index (χ3n) is 5.88. The standard InChI is InChI=1S/C21H27N5O/c1-2-26-16-21(9-7-19(26)27)8-5-11-25(15-21)14-17-12-23-20(24-13-17)18-6-3-4-10-22-18/h3-4,6,10,12-13H,2,5,7-9,11,14-16H2,1H3/t21-/m1/s1. The van der Waals surface area contributed by atoms with Crippen molar-refractivity contribution >= 4 is 5.91 Å². The number of hydrogen-bond donors (Lipinski definition) is 0. The number of likely N-dealkylation sites (tertiary alicyclic amines) is 2. The van der Waals surface area contributed by atoms with Crippen LogP contribution in [0.1, 0.15) is 38.2 Å². The Hall–Kier alpha value is -2.34. The third-order valence-corrected chi connectivity index (χ3v) is 5.88. The fourth-order valence-electron chi connectivity index (χ4n) is 4.49. The molecule has 2 aromatic heterocycles. The van der Waals surface area contributed by atoms with Gasteiger partial charge in [-0.1, -0.05) is 6.07 Å². The van der Waals surface area contributed by atoms with Gasteiger partial charge in [0.25, 0.3) is 0 Å². The summed E-state index contributed by atoms with van der Waals surface area (Å²) in [6.45, 7) is 6.84. The first-order valence-corrected chi connectivity index (χ1v) is 9.90. The Morgan fingerprint density at radius 2 is 1.96 bits per heavy atom. The molecule has 4 heterocycles. The molecule has 1 spiro atoms. The van der Waals surface area contributed by atoms with Crippen LogP contribution in [-0.4, -0.2) is 56.8 Å². The van der Waals surface area contributed by atoms with E-state index in [0.717, 1.165) is 50.4 Å². The van der Waals surface area contributed by atoms with Crippen LogP contribution in [0.5, 0.6) is 0 Å². The molecule has 1 atom stereocenters. The lowest BCUT2D eigenvalue weighted by Crippen LogP contribution is -2.53. The SMILES string of the molecule is CCN1C[C@]2(CCCN(Cc3cnc(-c4ccccn4)nc3)C2)CCC1=O. The number of hydrogen-bond acceptors (Lipinski definition) is 5. The fourth-order valence-corrected chi connectivity index (χ4v) is 4.49. The average molecular weight is 365 g/mol. The second kappa shape index (κ2) is 7.72. The van der Waals surface area contributed by atoms with Crippen molar-refractivity contribution in [2.75, 3.05) is 26.2 Å². The minimum atomic E-state index is 0.261. The molecule has 1 amide bonds. The molecule has 6 heteroatoms. The molecule has 142 valence electrons. The Labute approximate surface area is 160 Å². The number of nitrogens with zero attached hydrogens (tertiary/aromatic N) is 5. The van der Waals surface area contributed by atoms with Crippen LogP contribution in [-0.2, 0) is 11.3 Å². The first-order valence-electron chi connectivity index (χ1n) is 9.90.